The first kappa shape index (κ1) is 10.4. The van der Waals surface area contributed by atoms with Gasteiger partial charge in [-0.1, -0.05) is 30.3 Å². The Labute approximate surface area is 92.8 Å². The summed E-state index contributed by atoms with van der Waals surface area (Å²) in [6, 6.07) is 8.92. The molecule has 0 atom stereocenters. The SMILES string of the molecule is Cn1cc(C(=O)c2ccccc2)n(C)c1=O. The second kappa shape index (κ2) is 3.81. The molecule has 0 aliphatic rings. The van der Waals surface area contributed by atoms with E-state index in [1.54, 1.807) is 44.6 Å². The van der Waals surface area contributed by atoms with Crippen molar-refractivity contribution in [3.8, 4) is 0 Å². The van der Waals surface area contributed by atoms with Crippen LogP contribution >= 0.6 is 0 Å². The van der Waals surface area contributed by atoms with Gasteiger partial charge in [-0.05, 0) is 0 Å². The molecular weight excluding hydrogens is 204 g/mol. The molecule has 0 N–H and O–H groups in total. The molecule has 0 saturated heterocycles. The van der Waals surface area contributed by atoms with Gasteiger partial charge in [0.25, 0.3) is 0 Å². The highest BCUT2D eigenvalue weighted by atomic mass is 16.2. The van der Waals surface area contributed by atoms with Crippen molar-refractivity contribution in [2.45, 2.75) is 0 Å². The Morgan fingerprint density at radius 3 is 2.25 bits per heavy atom. The van der Waals surface area contributed by atoms with E-state index in [1.165, 1.54) is 9.13 Å². The summed E-state index contributed by atoms with van der Waals surface area (Å²) in [4.78, 5) is 23.6. The topological polar surface area (TPSA) is 44.0 Å². The van der Waals surface area contributed by atoms with Gasteiger partial charge in [-0.3, -0.25) is 9.36 Å². The Kier molecular flexibility index (Phi) is 2.48. The van der Waals surface area contributed by atoms with Gasteiger partial charge in [-0.25, -0.2) is 4.79 Å². The van der Waals surface area contributed by atoms with Crippen molar-refractivity contribution in [2.75, 3.05) is 0 Å². The summed E-state index contributed by atoms with van der Waals surface area (Å²) in [6.45, 7) is 0. The highest BCUT2D eigenvalue weighted by Gasteiger charge is 2.14. The number of imidazole rings is 1. The molecule has 1 aromatic heterocycles. The predicted octanol–water partition coefficient (Wildman–Crippen LogP) is 0.955. The smallest absolute Gasteiger partial charge is 0.302 e. The number of nitrogens with zero attached hydrogens (tertiary/aromatic N) is 2. The number of carbonyl (C=O) groups excluding carboxylic acids is 1. The summed E-state index contributed by atoms with van der Waals surface area (Å²) in [5.41, 5.74) is 0.793. The zero-order valence-corrected chi connectivity index (χ0v) is 9.18. The van der Waals surface area contributed by atoms with E-state index in [9.17, 15) is 9.59 Å². The standard InChI is InChI=1S/C12H12N2O2/c1-13-8-10(14(2)12(13)16)11(15)9-6-4-3-5-7-9/h3-8H,1-2H3. The van der Waals surface area contributed by atoms with Gasteiger partial charge in [0.15, 0.2) is 0 Å². The normalized spacial score (nSPS) is 10.4. The number of benzene rings is 1. The van der Waals surface area contributed by atoms with Crippen LogP contribution < -0.4 is 5.69 Å². The molecule has 0 saturated carbocycles. The van der Waals surface area contributed by atoms with E-state index in [0.29, 0.717) is 11.3 Å². The Bertz CT molecular complexity index is 579. The minimum atomic E-state index is -0.195. The Hall–Kier alpha value is -2.10. The molecule has 0 aliphatic carbocycles. The van der Waals surface area contributed by atoms with Gasteiger partial charge in [0.2, 0.25) is 5.78 Å². The molecule has 1 heterocycles. The molecule has 0 spiro atoms. The molecule has 0 fully saturated rings. The summed E-state index contributed by atoms with van der Waals surface area (Å²) < 4.78 is 2.76. The fourth-order valence-electron chi connectivity index (χ4n) is 1.61. The molecule has 2 aromatic rings. The Balaban J connectivity index is 2.51. The molecule has 0 radical (unpaired) electrons. The van der Waals surface area contributed by atoms with Gasteiger partial charge in [-0.2, -0.15) is 0 Å². The second-order valence-corrected chi connectivity index (χ2v) is 3.66. The van der Waals surface area contributed by atoms with Gasteiger partial charge in [0.1, 0.15) is 5.69 Å². The molecule has 0 amide bonds. The minimum Gasteiger partial charge on any atom is -0.302 e. The predicted molar refractivity (Wildman–Crippen MR) is 60.5 cm³/mol. The maximum Gasteiger partial charge on any atom is 0.328 e. The summed E-state index contributed by atoms with van der Waals surface area (Å²) >= 11 is 0. The fraction of sp³-hybridized carbons (Fsp3) is 0.167. The third kappa shape index (κ3) is 1.58. The maximum absolute atomic E-state index is 12.1. The van der Waals surface area contributed by atoms with Crippen molar-refractivity contribution in [1.29, 1.82) is 0 Å². The van der Waals surface area contributed by atoms with Crippen LogP contribution in [0.2, 0.25) is 0 Å². The molecule has 0 unspecified atom stereocenters. The first-order valence-electron chi connectivity index (χ1n) is 4.93. The number of aryl methyl sites for hydroxylation is 1. The number of carbonyl (C=O) groups is 1. The van der Waals surface area contributed by atoms with E-state index in [-0.39, 0.29) is 11.5 Å². The molecule has 1 aromatic carbocycles. The largest absolute Gasteiger partial charge is 0.328 e. The first-order valence-corrected chi connectivity index (χ1v) is 4.93. The molecule has 4 heteroatoms. The van der Waals surface area contributed by atoms with Gasteiger partial charge in [-0.15, -0.1) is 0 Å². The van der Waals surface area contributed by atoms with E-state index in [4.69, 9.17) is 0 Å². The molecule has 4 nitrogen and oxygen atoms in total. The maximum atomic E-state index is 12.1. The fourth-order valence-corrected chi connectivity index (χ4v) is 1.61. The molecule has 0 bridgehead atoms. The monoisotopic (exact) mass is 216 g/mol. The Morgan fingerprint density at radius 1 is 1.12 bits per heavy atom. The summed E-state index contributed by atoms with van der Waals surface area (Å²) in [6.07, 6.45) is 1.55. The lowest BCUT2D eigenvalue weighted by Crippen LogP contribution is -2.21. The summed E-state index contributed by atoms with van der Waals surface area (Å²) in [5.74, 6) is -0.138. The van der Waals surface area contributed by atoms with Crippen LogP contribution in [-0.4, -0.2) is 14.9 Å². The molecular formula is C12H12N2O2. The van der Waals surface area contributed by atoms with Gasteiger partial charge < -0.3 is 4.57 Å². The third-order valence-electron chi connectivity index (χ3n) is 2.53. The molecule has 82 valence electrons. The highest BCUT2D eigenvalue weighted by Crippen LogP contribution is 2.07. The average molecular weight is 216 g/mol. The van der Waals surface area contributed by atoms with Crippen molar-refractivity contribution < 1.29 is 4.79 Å². The van der Waals surface area contributed by atoms with Gasteiger partial charge >= 0.3 is 5.69 Å². The van der Waals surface area contributed by atoms with Crippen molar-refractivity contribution in [3.63, 3.8) is 0 Å². The van der Waals surface area contributed by atoms with Crippen LogP contribution in [0.15, 0.2) is 41.3 Å². The van der Waals surface area contributed by atoms with E-state index in [0.717, 1.165) is 0 Å². The summed E-state index contributed by atoms with van der Waals surface area (Å²) in [7, 11) is 3.22. The van der Waals surface area contributed by atoms with Crippen LogP contribution in [0.25, 0.3) is 0 Å². The first-order chi connectivity index (χ1) is 7.61. The van der Waals surface area contributed by atoms with Crippen LogP contribution in [0.3, 0.4) is 0 Å². The van der Waals surface area contributed by atoms with E-state index >= 15 is 0 Å². The van der Waals surface area contributed by atoms with Crippen molar-refractivity contribution in [2.24, 2.45) is 14.1 Å². The molecule has 16 heavy (non-hydrogen) atoms. The van der Waals surface area contributed by atoms with Crippen LogP contribution in [0.1, 0.15) is 16.1 Å². The zero-order chi connectivity index (χ0) is 11.7. The van der Waals surface area contributed by atoms with Gasteiger partial charge in [0, 0.05) is 25.9 Å². The lowest BCUT2D eigenvalue weighted by molar-refractivity contribution is 0.103. The second-order valence-electron chi connectivity index (χ2n) is 3.66. The lowest BCUT2D eigenvalue weighted by atomic mass is 10.1. The van der Waals surface area contributed by atoms with Crippen LogP contribution in [0, 0.1) is 0 Å². The lowest BCUT2D eigenvalue weighted by Gasteiger charge is -1.99. The number of hydrogen-bond acceptors (Lipinski definition) is 2. The van der Waals surface area contributed by atoms with Crippen molar-refractivity contribution >= 4 is 5.78 Å². The van der Waals surface area contributed by atoms with Crippen LogP contribution in [-0.2, 0) is 14.1 Å². The van der Waals surface area contributed by atoms with E-state index in [1.807, 2.05) is 6.07 Å². The van der Waals surface area contributed by atoms with Gasteiger partial charge in [0.05, 0.1) is 0 Å². The van der Waals surface area contributed by atoms with Crippen molar-refractivity contribution in [1.82, 2.24) is 9.13 Å². The molecule has 2 rings (SSSR count). The number of rotatable bonds is 2. The average Bonchev–Trinajstić information content (AvgIpc) is 2.57. The highest BCUT2D eigenvalue weighted by molar-refractivity contribution is 6.07. The van der Waals surface area contributed by atoms with Crippen LogP contribution in [0.4, 0.5) is 0 Å². The van der Waals surface area contributed by atoms with Crippen LogP contribution in [0.5, 0.6) is 0 Å². The number of aromatic nitrogens is 2. The number of hydrogen-bond donors (Lipinski definition) is 0. The molecule has 0 aliphatic heterocycles. The zero-order valence-electron chi connectivity index (χ0n) is 9.18. The third-order valence-corrected chi connectivity index (χ3v) is 2.53. The van der Waals surface area contributed by atoms with E-state index in [2.05, 4.69) is 0 Å². The number of ketones is 1. The Morgan fingerprint density at radius 2 is 1.75 bits per heavy atom. The van der Waals surface area contributed by atoms with E-state index < -0.39 is 0 Å². The summed E-state index contributed by atoms with van der Waals surface area (Å²) in [5, 5.41) is 0. The quantitative estimate of drug-likeness (QED) is 0.702. The minimum absolute atomic E-state index is 0.138. The van der Waals surface area contributed by atoms with Crippen molar-refractivity contribution in [3.05, 3.63) is 58.3 Å².